The minimum atomic E-state index is -0.330. The Kier molecular flexibility index (Phi) is 9.66. The maximum absolute atomic E-state index is 13.2. The molecule has 1 atom stereocenters. The summed E-state index contributed by atoms with van der Waals surface area (Å²) in [6.07, 6.45) is 2.58. The van der Waals surface area contributed by atoms with Crippen LogP contribution in [0.25, 0.3) is 0 Å². The zero-order valence-corrected chi connectivity index (χ0v) is 22.2. The molecule has 0 aliphatic carbocycles. The minimum Gasteiger partial charge on any atom is -0.457 e. The van der Waals surface area contributed by atoms with Gasteiger partial charge in [-0.25, -0.2) is 4.39 Å². The van der Waals surface area contributed by atoms with Gasteiger partial charge in [-0.2, -0.15) is 0 Å². The van der Waals surface area contributed by atoms with Gasteiger partial charge in [0, 0.05) is 24.6 Å². The van der Waals surface area contributed by atoms with Crippen LogP contribution >= 0.6 is 0 Å². The van der Waals surface area contributed by atoms with Gasteiger partial charge in [-0.3, -0.25) is 9.59 Å². The number of anilines is 1. The Hall–Kier alpha value is -3.51. The molecule has 1 heterocycles. The first-order valence-electron chi connectivity index (χ1n) is 13.5. The molecule has 38 heavy (non-hydrogen) atoms. The molecule has 3 aromatic rings. The first-order chi connectivity index (χ1) is 18.4. The van der Waals surface area contributed by atoms with E-state index in [1.807, 2.05) is 56.3 Å². The van der Waals surface area contributed by atoms with Crippen molar-refractivity contribution in [1.29, 1.82) is 0 Å². The number of amides is 1. The van der Waals surface area contributed by atoms with Gasteiger partial charge in [0.2, 0.25) is 5.91 Å². The van der Waals surface area contributed by atoms with Gasteiger partial charge in [0.05, 0.1) is 6.42 Å². The van der Waals surface area contributed by atoms with Gasteiger partial charge >= 0.3 is 5.97 Å². The van der Waals surface area contributed by atoms with E-state index >= 15 is 0 Å². The molecule has 0 spiro atoms. The number of ether oxygens (including phenoxy) is 1. The summed E-state index contributed by atoms with van der Waals surface area (Å²) >= 11 is 0. The predicted molar refractivity (Wildman–Crippen MR) is 148 cm³/mol. The highest BCUT2D eigenvalue weighted by molar-refractivity contribution is 5.92. The Labute approximate surface area is 225 Å². The van der Waals surface area contributed by atoms with Crippen LogP contribution in [0.5, 0.6) is 0 Å². The van der Waals surface area contributed by atoms with E-state index in [1.54, 1.807) is 12.1 Å². The van der Waals surface area contributed by atoms with Crippen molar-refractivity contribution in [1.82, 2.24) is 4.90 Å². The van der Waals surface area contributed by atoms with Gasteiger partial charge in [0.25, 0.3) is 0 Å². The molecule has 3 aromatic carbocycles. The number of esters is 1. The molecule has 1 saturated heterocycles. The third-order valence-electron chi connectivity index (χ3n) is 7.15. The maximum Gasteiger partial charge on any atom is 0.310 e. The van der Waals surface area contributed by atoms with Crippen LogP contribution < -0.4 is 5.32 Å². The lowest BCUT2D eigenvalue weighted by molar-refractivity contribution is -0.149. The lowest BCUT2D eigenvalue weighted by Gasteiger charge is -2.33. The molecule has 0 saturated carbocycles. The lowest BCUT2D eigenvalue weighted by atomic mass is 9.89. The fourth-order valence-electron chi connectivity index (χ4n) is 4.88. The van der Waals surface area contributed by atoms with Crippen molar-refractivity contribution in [3.05, 3.63) is 101 Å². The van der Waals surface area contributed by atoms with Crippen molar-refractivity contribution in [2.75, 3.05) is 25.0 Å². The van der Waals surface area contributed by atoms with Crippen LogP contribution in [-0.2, 0) is 20.7 Å². The van der Waals surface area contributed by atoms with Crippen molar-refractivity contribution >= 4 is 17.6 Å². The fourth-order valence-corrected chi connectivity index (χ4v) is 4.88. The highest BCUT2D eigenvalue weighted by Gasteiger charge is 2.23. The Balaban J connectivity index is 1.31. The summed E-state index contributed by atoms with van der Waals surface area (Å²) in [4.78, 5) is 27.2. The van der Waals surface area contributed by atoms with E-state index in [-0.39, 0.29) is 36.1 Å². The molecule has 1 aliphatic rings. The largest absolute Gasteiger partial charge is 0.457 e. The maximum atomic E-state index is 13.2. The Morgan fingerprint density at radius 3 is 2.37 bits per heavy atom. The van der Waals surface area contributed by atoms with E-state index in [0.29, 0.717) is 12.3 Å². The standard InChI is InChI=1S/C32H37FN2O3/c1-23(2)32(37)34-29-10-6-9-27(22-29)25-15-18-35(19-16-25)20-17-30(26-7-4-3-5-8-26)38-31(36)21-24-11-13-28(33)14-12-24/h3-14,22-23,25,30H,15-21H2,1-2H3,(H,34,37)/t30-/m0/s1. The third-order valence-corrected chi connectivity index (χ3v) is 7.15. The summed E-state index contributed by atoms with van der Waals surface area (Å²) in [5.41, 5.74) is 3.84. The van der Waals surface area contributed by atoms with Crippen LogP contribution in [0.2, 0.25) is 0 Å². The topological polar surface area (TPSA) is 58.6 Å². The van der Waals surface area contributed by atoms with Crippen molar-refractivity contribution in [3.8, 4) is 0 Å². The zero-order valence-electron chi connectivity index (χ0n) is 22.2. The molecule has 1 aliphatic heterocycles. The Morgan fingerprint density at radius 1 is 0.974 bits per heavy atom. The van der Waals surface area contributed by atoms with Crippen molar-refractivity contribution < 1.29 is 18.7 Å². The summed E-state index contributed by atoms with van der Waals surface area (Å²) < 4.78 is 19.1. The molecule has 0 unspecified atom stereocenters. The molecular formula is C32H37FN2O3. The van der Waals surface area contributed by atoms with Gasteiger partial charge in [0.1, 0.15) is 11.9 Å². The Bertz CT molecular complexity index is 1190. The van der Waals surface area contributed by atoms with E-state index in [9.17, 15) is 14.0 Å². The number of nitrogens with zero attached hydrogens (tertiary/aromatic N) is 1. The summed E-state index contributed by atoms with van der Waals surface area (Å²) in [6.45, 7) is 6.56. The van der Waals surface area contributed by atoms with Crippen LogP contribution in [-0.4, -0.2) is 36.4 Å². The number of benzene rings is 3. The fraction of sp³-hybridized carbons (Fsp3) is 0.375. The van der Waals surface area contributed by atoms with Crippen molar-refractivity contribution in [2.24, 2.45) is 5.92 Å². The van der Waals surface area contributed by atoms with Gasteiger partial charge in [-0.1, -0.05) is 68.4 Å². The number of nitrogens with one attached hydrogen (secondary N) is 1. The number of carbonyl (C=O) groups excluding carboxylic acids is 2. The number of carbonyl (C=O) groups is 2. The number of hydrogen-bond donors (Lipinski definition) is 1. The van der Waals surface area contributed by atoms with Crippen LogP contribution in [0.3, 0.4) is 0 Å². The molecule has 5 nitrogen and oxygen atoms in total. The highest BCUT2D eigenvalue weighted by Crippen LogP contribution is 2.31. The smallest absolute Gasteiger partial charge is 0.310 e. The summed E-state index contributed by atoms with van der Waals surface area (Å²) in [5, 5.41) is 3.00. The van der Waals surface area contributed by atoms with Crippen LogP contribution in [0.1, 0.15) is 61.8 Å². The Morgan fingerprint density at radius 2 is 1.68 bits per heavy atom. The molecule has 0 bridgehead atoms. The zero-order chi connectivity index (χ0) is 26.9. The minimum absolute atomic E-state index is 0.0308. The number of piperidine rings is 1. The number of halogens is 1. The van der Waals surface area contributed by atoms with Crippen LogP contribution in [0.4, 0.5) is 10.1 Å². The molecule has 6 heteroatoms. The first kappa shape index (κ1) is 27.5. The first-order valence-corrected chi connectivity index (χ1v) is 13.5. The van der Waals surface area contributed by atoms with E-state index in [0.717, 1.165) is 49.3 Å². The van der Waals surface area contributed by atoms with Crippen molar-refractivity contribution in [3.63, 3.8) is 0 Å². The molecule has 1 N–H and O–H groups in total. The molecular weight excluding hydrogens is 479 g/mol. The number of likely N-dealkylation sites (tertiary alicyclic amines) is 1. The second-order valence-corrected chi connectivity index (χ2v) is 10.4. The summed E-state index contributed by atoms with van der Waals surface area (Å²) in [7, 11) is 0. The summed E-state index contributed by atoms with van der Waals surface area (Å²) in [6, 6.07) is 24.0. The second kappa shape index (κ2) is 13.3. The molecule has 0 aromatic heterocycles. The summed E-state index contributed by atoms with van der Waals surface area (Å²) in [5.74, 6) is -0.194. The molecule has 1 fully saturated rings. The van der Waals surface area contributed by atoms with E-state index in [1.165, 1.54) is 17.7 Å². The van der Waals surface area contributed by atoms with E-state index in [4.69, 9.17) is 4.74 Å². The number of hydrogen-bond acceptors (Lipinski definition) is 4. The monoisotopic (exact) mass is 516 g/mol. The van der Waals surface area contributed by atoms with Crippen molar-refractivity contribution in [2.45, 2.75) is 51.6 Å². The quantitative estimate of drug-likeness (QED) is 0.312. The highest BCUT2D eigenvalue weighted by atomic mass is 19.1. The van der Waals surface area contributed by atoms with Crippen LogP contribution in [0.15, 0.2) is 78.9 Å². The molecule has 4 rings (SSSR count). The molecule has 1 amide bonds. The van der Waals surface area contributed by atoms with E-state index in [2.05, 4.69) is 22.3 Å². The normalized spacial score (nSPS) is 15.3. The SMILES string of the molecule is CC(C)C(=O)Nc1cccc(C2CCN(CC[C@H](OC(=O)Cc3ccc(F)cc3)c3ccccc3)CC2)c1. The lowest BCUT2D eigenvalue weighted by Crippen LogP contribution is -2.34. The van der Waals surface area contributed by atoms with E-state index < -0.39 is 0 Å². The van der Waals surface area contributed by atoms with Gasteiger partial charge in [0.15, 0.2) is 0 Å². The average Bonchev–Trinajstić information content (AvgIpc) is 2.93. The van der Waals surface area contributed by atoms with Gasteiger partial charge in [-0.05, 0) is 72.8 Å². The van der Waals surface area contributed by atoms with Crippen LogP contribution in [0, 0.1) is 11.7 Å². The third kappa shape index (κ3) is 7.99. The number of rotatable bonds is 10. The average molecular weight is 517 g/mol. The van der Waals surface area contributed by atoms with Gasteiger partial charge in [-0.15, -0.1) is 0 Å². The predicted octanol–water partition coefficient (Wildman–Crippen LogP) is 6.52. The second-order valence-electron chi connectivity index (χ2n) is 10.4. The molecule has 200 valence electrons. The molecule has 0 radical (unpaired) electrons. The van der Waals surface area contributed by atoms with Gasteiger partial charge < -0.3 is 15.0 Å².